The minimum absolute atomic E-state index is 0.421. The Morgan fingerprint density at radius 2 is 2.00 bits per heavy atom. The average molecular weight is 382 g/mol. The van der Waals surface area contributed by atoms with Crippen LogP contribution in [0.25, 0.3) is 11.1 Å². The molecule has 0 aliphatic heterocycles. The zero-order valence-corrected chi connectivity index (χ0v) is 16.9. The van der Waals surface area contributed by atoms with Gasteiger partial charge in [0.15, 0.2) is 0 Å². The second kappa shape index (κ2) is 7.96. The highest BCUT2D eigenvalue weighted by atomic mass is 35.5. The van der Waals surface area contributed by atoms with E-state index in [0.29, 0.717) is 22.7 Å². The Morgan fingerprint density at radius 1 is 1.33 bits per heavy atom. The number of halogens is 1. The quantitative estimate of drug-likeness (QED) is 0.705. The van der Waals surface area contributed by atoms with E-state index in [0.717, 1.165) is 28.1 Å². The van der Waals surface area contributed by atoms with Gasteiger partial charge in [-0.15, -0.1) is 0 Å². The summed E-state index contributed by atoms with van der Waals surface area (Å²) >= 11 is 6.20. The Bertz CT molecular complexity index is 969. The van der Waals surface area contributed by atoms with Crippen molar-refractivity contribution in [2.45, 2.75) is 39.8 Å². The standard InChI is InChI=1S/C22H24ClN3O/c1-7-16(19(8-2)22(5,6)27)13-26-15(4)21(14(3)25-26)17-9-10-18(12-24)20(23)11-17/h7-11,27H,1-2,13H2,3-6H3/b19-16-. The first-order chi connectivity index (χ1) is 12.6. The number of aryl methyl sites for hydroxylation is 1. The van der Waals surface area contributed by atoms with Crippen molar-refractivity contribution >= 4 is 11.6 Å². The number of nitrogens with zero attached hydrogens (tertiary/aromatic N) is 3. The molecule has 1 heterocycles. The Kier molecular flexibility index (Phi) is 6.10. The van der Waals surface area contributed by atoms with Gasteiger partial charge in [0.25, 0.3) is 0 Å². The van der Waals surface area contributed by atoms with Gasteiger partial charge in [-0.2, -0.15) is 10.4 Å². The van der Waals surface area contributed by atoms with Gasteiger partial charge in [0.2, 0.25) is 0 Å². The molecule has 4 nitrogen and oxygen atoms in total. The predicted octanol–water partition coefficient (Wildman–Crippen LogP) is 5.13. The molecule has 0 bridgehead atoms. The van der Waals surface area contributed by atoms with Gasteiger partial charge in [-0.3, -0.25) is 4.68 Å². The van der Waals surface area contributed by atoms with Gasteiger partial charge in [0.05, 0.1) is 28.4 Å². The minimum Gasteiger partial charge on any atom is -0.386 e. The molecule has 0 aliphatic rings. The second-order valence-corrected chi connectivity index (χ2v) is 7.32. The van der Waals surface area contributed by atoms with E-state index in [2.05, 4.69) is 24.3 Å². The van der Waals surface area contributed by atoms with Crippen LogP contribution in [0.5, 0.6) is 0 Å². The van der Waals surface area contributed by atoms with Crippen molar-refractivity contribution in [1.82, 2.24) is 9.78 Å². The maximum atomic E-state index is 10.4. The number of hydrogen-bond donors (Lipinski definition) is 1. The van der Waals surface area contributed by atoms with Gasteiger partial charge in [-0.1, -0.05) is 43.0 Å². The number of aliphatic hydroxyl groups is 1. The molecule has 0 aliphatic carbocycles. The molecule has 2 rings (SSSR count). The summed E-state index contributed by atoms with van der Waals surface area (Å²) in [5.41, 5.74) is 4.71. The van der Waals surface area contributed by atoms with Gasteiger partial charge in [-0.05, 0) is 56.5 Å². The molecule has 5 heteroatoms. The molecular weight excluding hydrogens is 358 g/mol. The lowest BCUT2D eigenvalue weighted by Crippen LogP contribution is -2.23. The van der Waals surface area contributed by atoms with Crippen molar-refractivity contribution in [2.24, 2.45) is 0 Å². The molecule has 0 saturated heterocycles. The van der Waals surface area contributed by atoms with Gasteiger partial charge < -0.3 is 5.11 Å². The normalized spacial score (nSPS) is 12.3. The molecule has 0 amide bonds. The van der Waals surface area contributed by atoms with Gasteiger partial charge in [0, 0.05) is 11.3 Å². The molecule has 0 fully saturated rings. The lowest BCUT2D eigenvalue weighted by molar-refractivity contribution is 0.122. The topological polar surface area (TPSA) is 61.8 Å². The van der Waals surface area contributed by atoms with Crippen molar-refractivity contribution < 1.29 is 5.11 Å². The molecule has 0 unspecified atom stereocenters. The van der Waals surface area contributed by atoms with Crippen LogP contribution in [0.3, 0.4) is 0 Å². The van der Waals surface area contributed by atoms with E-state index in [9.17, 15) is 5.11 Å². The molecule has 1 aromatic carbocycles. The number of hydrogen-bond acceptors (Lipinski definition) is 3. The largest absolute Gasteiger partial charge is 0.386 e. The summed E-state index contributed by atoms with van der Waals surface area (Å²) in [6.45, 7) is 15.5. The molecule has 1 aromatic heterocycles. The van der Waals surface area contributed by atoms with Crippen LogP contribution in [0.2, 0.25) is 5.02 Å². The molecule has 140 valence electrons. The fourth-order valence-electron chi connectivity index (χ4n) is 3.22. The van der Waals surface area contributed by atoms with E-state index < -0.39 is 5.60 Å². The van der Waals surface area contributed by atoms with Crippen molar-refractivity contribution in [2.75, 3.05) is 0 Å². The first-order valence-electron chi connectivity index (χ1n) is 8.59. The molecule has 0 radical (unpaired) electrons. The van der Waals surface area contributed by atoms with Crippen molar-refractivity contribution in [3.8, 4) is 17.2 Å². The highest BCUT2D eigenvalue weighted by Crippen LogP contribution is 2.31. The van der Waals surface area contributed by atoms with Crippen molar-refractivity contribution in [1.29, 1.82) is 5.26 Å². The number of benzene rings is 1. The van der Waals surface area contributed by atoms with Gasteiger partial charge >= 0.3 is 0 Å². The maximum Gasteiger partial charge on any atom is 0.101 e. The minimum atomic E-state index is -1.02. The summed E-state index contributed by atoms with van der Waals surface area (Å²) in [6.07, 6.45) is 3.38. The SMILES string of the molecule is C=C/C(Cn1nc(C)c(-c2ccc(C#N)c(Cl)c2)c1C)=C(\C=C)C(C)(C)O. The smallest absolute Gasteiger partial charge is 0.101 e. The van der Waals surface area contributed by atoms with E-state index in [1.165, 1.54) is 0 Å². The first-order valence-corrected chi connectivity index (χ1v) is 8.96. The van der Waals surface area contributed by atoms with E-state index in [-0.39, 0.29) is 0 Å². The summed E-state index contributed by atoms with van der Waals surface area (Å²) in [5.74, 6) is 0. The Labute approximate surface area is 165 Å². The number of rotatable bonds is 6. The van der Waals surface area contributed by atoms with E-state index >= 15 is 0 Å². The fourth-order valence-corrected chi connectivity index (χ4v) is 3.45. The fraction of sp³-hybridized carbons (Fsp3) is 0.273. The number of aromatic nitrogens is 2. The van der Waals surface area contributed by atoms with Crippen molar-refractivity contribution in [3.63, 3.8) is 0 Å². The molecule has 27 heavy (non-hydrogen) atoms. The van der Waals surface area contributed by atoms with Crippen LogP contribution >= 0.6 is 11.6 Å². The molecular formula is C22H24ClN3O. The summed E-state index contributed by atoms with van der Waals surface area (Å²) < 4.78 is 1.88. The van der Waals surface area contributed by atoms with Crippen LogP contribution in [-0.2, 0) is 6.54 Å². The Morgan fingerprint density at radius 3 is 2.48 bits per heavy atom. The van der Waals surface area contributed by atoms with Crippen molar-refractivity contribution in [3.05, 3.63) is 76.6 Å². The maximum absolute atomic E-state index is 10.4. The summed E-state index contributed by atoms with van der Waals surface area (Å²) in [5, 5.41) is 24.5. The monoisotopic (exact) mass is 381 g/mol. The van der Waals surface area contributed by atoms with E-state index in [1.807, 2.05) is 24.6 Å². The summed E-state index contributed by atoms with van der Waals surface area (Å²) in [6, 6.07) is 7.45. The highest BCUT2D eigenvalue weighted by Gasteiger charge is 2.21. The number of allylic oxidation sites excluding steroid dienone is 2. The van der Waals surface area contributed by atoms with Crippen LogP contribution < -0.4 is 0 Å². The predicted molar refractivity (Wildman–Crippen MR) is 111 cm³/mol. The lowest BCUT2D eigenvalue weighted by atomic mass is 9.93. The number of nitriles is 1. The summed E-state index contributed by atoms with van der Waals surface area (Å²) in [7, 11) is 0. The summed E-state index contributed by atoms with van der Waals surface area (Å²) in [4.78, 5) is 0. The van der Waals surface area contributed by atoms with E-state index in [1.54, 1.807) is 38.1 Å². The van der Waals surface area contributed by atoms with Crippen LogP contribution in [0.15, 0.2) is 54.7 Å². The second-order valence-electron chi connectivity index (χ2n) is 6.92. The third-order valence-electron chi connectivity index (χ3n) is 4.54. The third-order valence-corrected chi connectivity index (χ3v) is 4.85. The zero-order valence-electron chi connectivity index (χ0n) is 16.2. The van der Waals surface area contributed by atoms with Crippen LogP contribution in [0.1, 0.15) is 30.8 Å². The average Bonchev–Trinajstić information content (AvgIpc) is 2.86. The van der Waals surface area contributed by atoms with Gasteiger partial charge in [-0.25, -0.2) is 0 Å². The molecule has 2 aromatic rings. The molecule has 0 spiro atoms. The van der Waals surface area contributed by atoms with Gasteiger partial charge in [0.1, 0.15) is 6.07 Å². The lowest BCUT2D eigenvalue weighted by Gasteiger charge is -2.22. The Hall–Kier alpha value is -2.61. The van der Waals surface area contributed by atoms with Crippen LogP contribution in [0, 0.1) is 25.2 Å². The van der Waals surface area contributed by atoms with E-state index in [4.69, 9.17) is 16.9 Å². The zero-order chi connectivity index (χ0) is 20.4. The van der Waals surface area contributed by atoms with Crippen LogP contribution in [-0.4, -0.2) is 20.5 Å². The van der Waals surface area contributed by atoms with Crippen LogP contribution in [0.4, 0.5) is 0 Å². The molecule has 0 saturated carbocycles. The first kappa shape index (κ1) is 20.7. The highest BCUT2D eigenvalue weighted by molar-refractivity contribution is 6.32. The molecule has 0 atom stereocenters. The third kappa shape index (κ3) is 4.21. The molecule has 1 N–H and O–H groups in total. The Balaban J connectivity index is 2.54.